The number of halogens is 1. The van der Waals surface area contributed by atoms with Crippen LogP contribution in [-0.2, 0) is 0 Å². The monoisotopic (exact) mass is 289 g/mol. The summed E-state index contributed by atoms with van der Waals surface area (Å²) in [6.45, 7) is 3.05. The van der Waals surface area contributed by atoms with E-state index in [0.29, 0.717) is 5.92 Å². The van der Waals surface area contributed by atoms with E-state index in [1.165, 1.54) is 44.6 Å². The van der Waals surface area contributed by atoms with Crippen LogP contribution in [0.1, 0.15) is 57.3 Å². The minimum Gasteiger partial charge on any atom is -0.459 e. The van der Waals surface area contributed by atoms with Crippen LogP contribution in [0.4, 0.5) is 4.39 Å². The Balaban J connectivity index is 1.90. The van der Waals surface area contributed by atoms with Gasteiger partial charge >= 0.3 is 0 Å². The highest BCUT2D eigenvalue weighted by Crippen LogP contribution is 2.35. The van der Waals surface area contributed by atoms with Gasteiger partial charge in [-0.25, -0.2) is 4.39 Å². The smallest absolute Gasteiger partial charge is 0.134 e. The molecule has 0 saturated heterocycles. The first-order valence-corrected chi connectivity index (χ1v) is 8.20. The van der Waals surface area contributed by atoms with Gasteiger partial charge in [-0.15, -0.1) is 0 Å². The molecule has 1 saturated carbocycles. The SMILES string of the molecule is CCNC(c1cc2cc(F)ccc2o1)C1CCCCCC1. The third-order valence-corrected chi connectivity index (χ3v) is 4.60. The average molecular weight is 289 g/mol. The van der Waals surface area contributed by atoms with Crippen LogP contribution in [0.5, 0.6) is 0 Å². The topological polar surface area (TPSA) is 25.2 Å². The van der Waals surface area contributed by atoms with Gasteiger partial charge in [-0.2, -0.15) is 0 Å². The van der Waals surface area contributed by atoms with Crippen LogP contribution < -0.4 is 5.32 Å². The predicted octanol–water partition coefficient (Wildman–Crippen LogP) is 5.19. The summed E-state index contributed by atoms with van der Waals surface area (Å²) in [5.74, 6) is 1.38. The summed E-state index contributed by atoms with van der Waals surface area (Å²) in [7, 11) is 0. The Hall–Kier alpha value is -1.35. The number of benzene rings is 1. The van der Waals surface area contributed by atoms with Gasteiger partial charge in [0.05, 0.1) is 6.04 Å². The summed E-state index contributed by atoms with van der Waals surface area (Å²) >= 11 is 0. The summed E-state index contributed by atoms with van der Waals surface area (Å²) in [4.78, 5) is 0. The number of hydrogen-bond donors (Lipinski definition) is 1. The summed E-state index contributed by atoms with van der Waals surface area (Å²) in [6, 6.07) is 7.01. The lowest BCUT2D eigenvalue weighted by Crippen LogP contribution is -2.27. The molecule has 114 valence electrons. The van der Waals surface area contributed by atoms with Crippen molar-refractivity contribution >= 4 is 11.0 Å². The zero-order valence-electron chi connectivity index (χ0n) is 12.7. The van der Waals surface area contributed by atoms with Crippen LogP contribution >= 0.6 is 0 Å². The van der Waals surface area contributed by atoms with E-state index in [4.69, 9.17) is 4.42 Å². The Morgan fingerprint density at radius 3 is 2.67 bits per heavy atom. The Bertz CT molecular complexity index is 584. The Morgan fingerprint density at radius 1 is 1.19 bits per heavy atom. The van der Waals surface area contributed by atoms with Gasteiger partial charge in [0, 0.05) is 5.39 Å². The first-order valence-electron chi connectivity index (χ1n) is 8.20. The molecule has 1 aliphatic carbocycles. The first kappa shape index (κ1) is 14.6. The van der Waals surface area contributed by atoms with Crippen molar-refractivity contribution in [2.24, 2.45) is 5.92 Å². The van der Waals surface area contributed by atoms with Crippen molar-refractivity contribution in [1.82, 2.24) is 5.32 Å². The van der Waals surface area contributed by atoms with Crippen LogP contribution in [0.25, 0.3) is 11.0 Å². The molecule has 1 atom stereocenters. The molecule has 0 bridgehead atoms. The number of furan rings is 1. The van der Waals surface area contributed by atoms with E-state index in [-0.39, 0.29) is 11.9 Å². The molecule has 1 unspecified atom stereocenters. The van der Waals surface area contributed by atoms with E-state index in [0.717, 1.165) is 23.3 Å². The molecule has 21 heavy (non-hydrogen) atoms. The molecule has 1 heterocycles. The zero-order valence-corrected chi connectivity index (χ0v) is 12.7. The van der Waals surface area contributed by atoms with Gasteiger partial charge in [-0.05, 0) is 49.6 Å². The fraction of sp³-hybridized carbons (Fsp3) is 0.556. The summed E-state index contributed by atoms with van der Waals surface area (Å²) in [5.41, 5.74) is 0.780. The van der Waals surface area contributed by atoms with E-state index < -0.39 is 0 Å². The lowest BCUT2D eigenvalue weighted by atomic mass is 9.90. The Morgan fingerprint density at radius 2 is 1.95 bits per heavy atom. The highest BCUT2D eigenvalue weighted by Gasteiger charge is 2.26. The zero-order chi connectivity index (χ0) is 14.7. The lowest BCUT2D eigenvalue weighted by Gasteiger charge is -2.25. The average Bonchev–Trinajstić information content (AvgIpc) is 2.70. The molecule has 1 N–H and O–H groups in total. The van der Waals surface area contributed by atoms with Crippen LogP contribution in [-0.4, -0.2) is 6.54 Å². The van der Waals surface area contributed by atoms with Gasteiger partial charge in [0.1, 0.15) is 17.2 Å². The van der Waals surface area contributed by atoms with Gasteiger partial charge in [0.25, 0.3) is 0 Å². The van der Waals surface area contributed by atoms with Crippen molar-refractivity contribution < 1.29 is 8.81 Å². The molecule has 2 nitrogen and oxygen atoms in total. The van der Waals surface area contributed by atoms with Gasteiger partial charge in [0.15, 0.2) is 0 Å². The maximum absolute atomic E-state index is 13.3. The Kier molecular flexibility index (Phi) is 4.59. The molecule has 0 amide bonds. The third-order valence-electron chi connectivity index (χ3n) is 4.60. The van der Waals surface area contributed by atoms with E-state index >= 15 is 0 Å². The second kappa shape index (κ2) is 6.61. The van der Waals surface area contributed by atoms with Crippen LogP contribution in [0.3, 0.4) is 0 Å². The van der Waals surface area contributed by atoms with Crippen molar-refractivity contribution in [2.75, 3.05) is 6.54 Å². The highest BCUT2D eigenvalue weighted by atomic mass is 19.1. The van der Waals surface area contributed by atoms with Crippen molar-refractivity contribution in [2.45, 2.75) is 51.5 Å². The van der Waals surface area contributed by atoms with Crippen molar-refractivity contribution in [3.8, 4) is 0 Å². The molecule has 0 aliphatic heterocycles. The molecule has 1 aliphatic rings. The minimum absolute atomic E-state index is 0.204. The first-order chi connectivity index (χ1) is 10.3. The van der Waals surface area contributed by atoms with E-state index in [2.05, 4.69) is 12.2 Å². The number of rotatable bonds is 4. The summed E-state index contributed by atoms with van der Waals surface area (Å²) in [5, 5.41) is 4.45. The normalized spacial score (nSPS) is 18.8. The largest absolute Gasteiger partial charge is 0.459 e. The van der Waals surface area contributed by atoms with Crippen molar-refractivity contribution in [1.29, 1.82) is 0 Å². The number of hydrogen-bond acceptors (Lipinski definition) is 2. The molecular formula is C18H24FNO. The molecule has 0 radical (unpaired) electrons. The van der Waals surface area contributed by atoms with Crippen LogP contribution in [0, 0.1) is 11.7 Å². The fourth-order valence-electron chi connectivity index (χ4n) is 3.55. The quantitative estimate of drug-likeness (QED) is 0.783. The van der Waals surface area contributed by atoms with Crippen LogP contribution in [0.2, 0.25) is 0 Å². The van der Waals surface area contributed by atoms with Gasteiger partial charge in [-0.1, -0.05) is 32.6 Å². The van der Waals surface area contributed by atoms with E-state index in [1.807, 2.05) is 6.07 Å². The number of nitrogens with one attached hydrogen (secondary N) is 1. The minimum atomic E-state index is -0.204. The molecular weight excluding hydrogens is 265 g/mol. The maximum atomic E-state index is 13.3. The molecule has 3 heteroatoms. The molecule has 1 aromatic carbocycles. The lowest BCUT2D eigenvalue weighted by molar-refractivity contribution is 0.292. The fourth-order valence-corrected chi connectivity index (χ4v) is 3.55. The van der Waals surface area contributed by atoms with Gasteiger partial charge in [-0.3, -0.25) is 0 Å². The van der Waals surface area contributed by atoms with Gasteiger partial charge in [0.2, 0.25) is 0 Å². The van der Waals surface area contributed by atoms with E-state index in [1.54, 1.807) is 12.1 Å². The number of fused-ring (bicyclic) bond motifs is 1. The molecule has 1 fully saturated rings. The second-order valence-electron chi connectivity index (χ2n) is 6.12. The standard InChI is InChI=1S/C18H24FNO/c1-2-20-18(13-7-5-3-4-6-8-13)17-12-14-11-15(19)9-10-16(14)21-17/h9-13,18,20H,2-8H2,1H3. The molecule has 1 aromatic heterocycles. The van der Waals surface area contributed by atoms with Crippen LogP contribution in [0.15, 0.2) is 28.7 Å². The second-order valence-corrected chi connectivity index (χ2v) is 6.12. The Labute approximate surface area is 125 Å². The molecule has 3 rings (SSSR count). The van der Waals surface area contributed by atoms with Crippen molar-refractivity contribution in [3.05, 3.63) is 35.8 Å². The van der Waals surface area contributed by atoms with Gasteiger partial charge < -0.3 is 9.73 Å². The highest BCUT2D eigenvalue weighted by molar-refractivity contribution is 5.78. The maximum Gasteiger partial charge on any atom is 0.134 e. The van der Waals surface area contributed by atoms with E-state index in [9.17, 15) is 4.39 Å². The molecule has 0 spiro atoms. The third kappa shape index (κ3) is 3.29. The summed E-state index contributed by atoms with van der Waals surface area (Å²) < 4.78 is 19.3. The molecule has 2 aromatic rings. The summed E-state index contributed by atoms with van der Waals surface area (Å²) in [6.07, 6.45) is 7.82. The van der Waals surface area contributed by atoms with Crippen molar-refractivity contribution in [3.63, 3.8) is 0 Å². The predicted molar refractivity (Wildman–Crippen MR) is 83.8 cm³/mol.